The first-order chi connectivity index (χ1) is 21.5. The average molecular weight is 786 g/mol. The topological polar surface area (TPSA) is 51.8 Å². The van der Waals surface area contributed by atoms with Crippen LogP contribution in [0.1, 0.15) is 61.1 Å². The van der Waals surface area contributed by atoms with Gasteiger partial charge in [-0.1, -0.05) is 73.4 Å². The van der Waals surface area contributed by atoms with Crippen molar-refractivity contribution in [2.75, 3.05) is 0 Å². The maximum Gasteiger partial charge on any atom is 0.141 e. The SMILES string of the molecule is C[Si](C)(C)c1cnc(-c2[c-]cccc2)cc1C1CCCC1.[Ir].[c-]1nc2oc3ccccc3c2cc1-c1nccc2c1CCCC2. The molecule has 231 valence electrons. The van der Waals surface area contributed by atoms with Crippen molar-refractivity contribution in [2.24, 2.45) is 0 Å². The molecule has 8 rings (SSSR count). The fourth-order valence-electron chi connectivity index (χ4n) is 6.95. The summed E-state index contributed by atoms with van der Waals surface area (Å²) >= 11 is 0. The Kier molecular flexibility index (Phi) is 9.46. The third-order valence-electron chi connectivity index (χ3n) is 9.24. The van der Waals surface area contributed by atoms with Crippen molar-refractivity contribution < 1.29 is 24.5 Å². The van der Waals surface area contributed by atoms with E-state index in [0.29, 0.717) is 5.71 Å². The van der Waals surface area contributed by atoms with Gasteiger partial charge in [-0.25, -0.2) is 0 Å². The number of benzene rings is 2. The van der Waals surface area contributed by atoms with E-state index in [1.807, 2.05) is 36.5 Å². The minimum Gasteiger partial charge on any atom is -0.483 e. The van der Waals surface area contributed by atoms with Crippen LogP contribution in [0.3, 0.4) is 0 Å². The van der Waals surface area contributed by atoms with E-state index in [0.717, 1.165) is 57.6 Å². The minimum atomic E-state index is -1.34. The number of aromatic nitrogens is 3. The molecule has 0 spiro atoms. The van der Waals surface area contributed by atoms with E-state index in [4.69, 9.17) is 9.40 Å². The quantitative estimate of drug-likeness (QED) is 0.132. The second-order valence-electron chi connectivity index (χ2n) is 13.3. The molecule has 0 atom stereocenters. The van der Waals surface area contributed by atoms with Crippen molar-refractivity contribution in [1.29, 1.82) is 0 Å². The summed E-state index contributed by atoms with van der Waals surface area (Å²) in [5.41, 5.74) is 10.1. The minimum absolute atomic E-state index is 0. The molecule has 2 aliphatic rings. The number of nitrogens with zero attached hydrogens (tertiary/aromatic N) is 3. The molecule has 4 nitrogen and oxygen atoms in total. The third-order valence-corrected chi connectivity index (χ3v) is 11.3. The van der Waals surface area contributed by atoms with Gasteiger partial charge in [-0.15, -0.1) is 47.5 Å². The molecule has 45 heavy (non-hydrogen) atoms. The average Bonchev–Trinajstić information content (AvgIpc) is 3.73. The molecule has 4 heterocycles. The normalized spacial score (nSPS) is 14.9. The fourth-order valence-corrected chi connectivity index (χ4v) is 8.55. The number of para-hydroxylation sites is 1. The first-order valence-electron chi connectivity index (χ1n) is 16.1. The van der Waals surface area contributed by atoms with Crippen LogP contribution in [-0.2, 0) is 32.9 Å². The largest absolute Gasteiger partial charge is 0.483 e. The van der Waals surface area contributed by atoms with Crippen LogP contribution in [0.4, 0.5) is 0 Å². The standard InChI is InChI=1S/C20H15N2O.C19H24NSi.Ir/c1-2-6-15-13(5-1)9-10-21-19(15)14-11-17-16-7-3-4-8-18(16)23-20(17)22-12-14;1-21(2,3)19-14-20-18(16-11-5-4-6-12-16)13-17(19)15-9-7-8-10-15;/h3-4,7-11H,1-2,5-6H2;4-6,11,13-15H,7-10H2,1-3H3;/q2*-1;. The zero-order valence-electron chi connectivity index (χ0n) is 26.3. The van der Waals surface area contributed by atoms with Gasteiger partial charge < -0.3 is 19.4 Å². The molecule has 1 fully saturated rings. The van der Waals surface area contributed by atoms with E-state index >= 15 is 0 Å². The Morgan fingerprint density at radius 1 is 0.822 bits per heavy atom. The van der Waals surface area contributed by atoms with Crippen LogP contribution in [0, 0.1) is 12.3 Å². The number of rotatable bonds is 4. The molecule has 1 saturated carbocycles. The molecule has 2 aromatic carbocycles. The van der Waals surface area contributed by atoms with Gasteiger partial charge in [0, 0.05) is 37.9 Å². The molecule has 0 saturated heterocycles. The Morgan fingerprint density at radius 2 is 1.62 bits per heavy atom. The first kappa shape index (κ1) is 31.5. The van der Waals surface area contributed by atoms with Gasteiger partial charge in [0.05, 0.1) is 8.07 Å². The van der Waals surface area contributed by atoms with E-state index in [9.17, 15) is 0 Å². The van der Waals surface area contributed by atoms with Crippen LogP contribution in [0.2, 0.25) is 19.6 Å². The van der Waals surface area contributed by atoms with Crippen molar-refractivity contribution in [3.8, 4) is 22.5 Å². The zero-order valence-corrected chi connectivity index (χ0v) is 29.7. The van der Waals surface area contributed by atoms with Gasteiger partial charge in [0.2, 0.25) is 0 Å². The molecule has 1 radical (unpaired) electrons. The van der Waals surface area contributed by atoms with E-state index in [1.54, 1.807) is 10.8 Å². The van der Waals surface area contributed by atoms with Gasteiger partial charge in [-0.3, -0.25) is 0 Å². The number of hydrogen-bond donors (Lipinski definition) is 0. The molecule has 6 heteroatoms. The van der Waals surface area contributed by atoms with Crippen molar-refractivity contribution >= 4 is 35.3 Å². The van der Waals surface area contributed by atoms with Crippen LogP contribution in [0.5, 0.6) is 0 Å². The number of aryl methyl sites for hydroxylation is 1. The number of hydrogen-bond acceptors (Lipinski definition) is 4. The summed E-state index contributed by atoms with van der Waals surface area (Å²) in [4.78, 5) is 13.8. The van der Waals surface area contributed by atoms with Gasteiger partial charge >= 0.3 is 0 Å². The summed E-state index contributed by atoms with van der Waals surface area (Å²) in [5.74, 6) is 0.747. The van der Waals surface area contributed by atoms with Crippen LogP contribution in [0.15, 0.2) is 83.5 Å². The van der Waals surface area contributed by atoms with Crippen LogP contribution < -0.4 is 5.19 Å². The second kappa shape index (κ2) is 13.5. The third kappa shape index (κ3) is 6.60. The summed E-state index contributed by atoms with van der Waals surface area (Å²) in [7, 11) is -1.34. The Hall–Kier alpha value is -3.44. The van der Waals surface area contributed by atoms with E-state index in [-0.39, 0.29) is 20.1 Å². The van der Waals surface area contributed by atoms with Gasteiger partial charge in [0.25, 0.3) is 0 Å². The first-order valence-corrected chi connectivity index (χ1v) is 19.6. The Bertz CT molecular complexity index is 1920. The molecular weight excluding hydrogens is 747 g/mol. The summed E-state index contributed by atoms with van der Waals surface area (Å²) < 4.78 is 5.79. The molecule has 4 aromatic heterocycles. The van der Waals surface area contributed by atoms with Crippen LogP contribution in [-0.4, -0.2) is 23.0 Å². The summed E-state index contributed by atoms with van der Waals surface area (Å²) in [5, 5.41) is 3.67. The van der Waals surface area contributed by atoms with Crippen molar-refractivity contribution in [2.45, 2.75) is 76.9 Å². The van der Waals surface area contributed by atoms with Crippen molar-refractivity contribution in [3.63, 3.8) is 0 Å². The molecule has 0 amide bonds. The molecule has 0 unspecified atom stereocenters. The number of fused-ring (bicyclic) bond motifs is 4. The fraction of sp³-hybridized carbons (Fsp3) is 0.308. The van der Waals surface area contributed by atoms with Crippen LogP contribution in [0.25, 0.3) is 44.6 Å². The Labute approximate surface area is 281 Å². The second-order valence-corrected chi connectivity index (χ2v) is 18.3. The van der Waals surface area contributed by atoms with Gasteiger partial charge in [0.1, 0.15) is 11.3 Å². The van der Waals surface area contributed by atoms with E-state index < -0.39 is 8.07 Å². The van der Waals surface area contributed by atoms with Gasteiger partial charge in [-0.05, 0) is 84.7 Å². The molecule has 6 aromatic rings. The molecule has 0 bridgehead atoms. The monoisotopic (exact) mass is 786 g/mol. The van der Waals surface area contributed by atoms with Gasteiger partial charge in [-0.2, -0.15) is 0 Å². The van der Waals surface area contributed by atoms with E-state index in [2.05, 4.69) is 84.5 Å². The van der Waals surface area contributed by atoms with Crippen molar-refractivity contribution in [1.82, 2.24) is 15.0 Å². The zero-order chi connectivity index (χ0) is 30.1. The maximum atomic E-state index is 5.79. The Morgan fingerprint density at radius 3 is 2.42 bits per heavy atom. The smallest absolute Gasteiger partial charge is 0.141 e. The molecular formula is C39H39IrN3OSi-2. The Balaban J connectivity index is 0.000000156. The number of furan rings is 1. The molecule has 2 aliphatic carbocycles. The van der Waals surface area contributed by atoms with Crippen molar-refractivity contribution in [3.05, 3.63) is 108 Å². The molecule has 0 N–H and O–H groups in total. The predicted octanol–water partition coefficient (Wildman–Crippen LogP) is 9.47. The van der Waals surface area contributed by atoms with Gasteiger partial charge in [0.15, 0.2) is 0 Å². The predicted molar refractivity (Wildman–Crippen MR) is 183 cm³/mol. The van der Waals surface area contributed by atoms with Crippen LogP contribution >= 0.6 is 0 Å². The number of pyridine rings is 3. The van der Waals surface area contributed by atoms with E-state index in [1.165, 1.54) is 49.7 Å². The maximum absolute atomic E-state index is 5.79. The summed E-state index contributed by atoms with van der Waals surface area (Å²) in [6, 6.07) is 26.1. The summed E-state index contributed by atoms with van der Waals surface area (Å²) in [6.07, 6.45) is 17.4. The summed E-state index contributed by atoms with van der Waals surface area (Å²) in [6.45, 7) is 7.28. The molecule has 0 aliphatic heterocycles.